The number of hydrogen-bond donors (Lipinski definition) is 2. The molecule has 3 rings (SSSR count). The standard InChI is InChI=1S/C18H25N5O3S2/c1-3-26-12-14-22-16-17(13(2)11-20-18(16)19)23(14)9-5-4-8-21-28(24,25)15-7-6-10-27-15/h6-7,10-11,21H,3-5,8-9,12H2,1-2H3,(H2,19,20). The van der Waals surface area contributed by atoms with Crippen LogP contribution < -0.4 is 10.5 Å². The van der Waals surface area contributed by atoms with E-state index in [2.05, 4.69) is 19.3 Å². The van der Waals surface area contributed by atoms with E-state index in [9.17, 15) is 8.42 Å². The van der Waals surface area contributed by atoms with Gasteiger partial charge >= 0.3 is 0 Å². The molecule has 0 bridgehead atoms. The second kappa shape index (κ2) is 8.99. The summed E-state index contributed by atoms with van der Waals surface area (Å²) >= 11 is 1.21. The molecule has 0 atom stereocenters. The lowest BCUT2D eigenvalue weighted by molar-refractivity contribution is 0.126. The molecule has 0 aliphatic rings. The van der Waals surface area contributed by atoms with E-state index in [1.807, 2.05) is 13.8 Å². The fourth-order valence-electron chi connectivity index (χ4n) is 3.00. The van der Waals surface area contributed by atoms with Crippen LogP contribution in [-0.2, 0) is 27.9 Å². The van der Waals surface area contributed by atoms with Gasteiger partial charge in [-0.05, 0) is 43.7 Å². The molecule has 0 unspecified atom stereocenters. The number of anilines is 1. The Morgan fingerprint density at radius 3 is 2.89 bits per heavy atom. The second-order valence-corrected chi connectivity index (χ2v) is 9.32. The largest absolute Gasteiger partial charge is 0.382 e. The minimum absolute atomic E-state index is 0.339. The van der Waals surface area contributed by atoms with Crippen molar-refractivity contribution in [3.8, 4) is 0 Å². The minimum atomic E-state index is -3.41. The van der Waals surface area contributed by atoms with Crippen LogP contribution in [0.25, 0.3) is 11.0 Å². The van der Waals surface area contributed by atoms with Gasteiger partial charge in [-0.3, -0.25) is 0 Å². The highest BCUT2D eigenvalue weighted by Gasteiger charge is 2.16. The zero-order chi connectivity index (χ0) is 20.1. The predicted octanol–water partition coefficient (Wildman–Crippen LogP) is 2.68. The molecule has 0 aliphatic carbocycles. The molecular weight excluding hydrogens is 398 g/mol. The first-order chi connectivity index (χ1) is 13.4. The first-order valence-electron chi connectivity index (χ1n) is 9.15. The lowest BCUT2D eigenvalue weighted by Crippen LogP contribution is -2.24. The topological polar surface area (TPSA) is 112 Å². The lowest BCUT2D eigenvalue weighted by Gasteiger charge is -2.11. The Labute approximate surface area is 168 Å². The monoisotopic (exact) mass is 423 g/mol. The number of aryl methyl sites for hydroxylation is 2. The van der Waals surface area contributed by atoms with Gasteiger partial charge in [0.2, 0.25) is 10.0 Å². The van der Waals surface area contributed by atoms with Crippen LogP contribution in [0.1, 0.15) is 31.2 Å². The molecule has 0 fully saturated rings. The third-order valence-corrected chi connectivity index (χ3v) is 7.21. The van der Waals surface area contributed by atoms with Crippen LogP contribution in [0, 0.1) is 6.92 Å². The van der Waals surface area contributed by atoms with Gasteiger partial charge in [-0.25, -0.2) is 23.1 Å². The maximum absolute atomic E-state index is 12.2. The third kappa shape index (κ3) is 4.52. The van der Waals surface area contributed by atoms with E-state index in [4.69, 9.17) is 10.5 Å². The Bertz CT molecular complexity index is 1030. The maximum atomic E-state index is 12.2. The SMILES string of the molecule is CCOCc1nc2c(N)ncc(C)c2n1CCCCNS(=O)(=O)c1cccs1. The molecule has 0 aliphatic heterocycles. The van der Waals surface area contributed by atoms with Gasteiger partial charge in [0.1, 0.15) is 22.2 Å². The molecule has 3 aromatic heterocycles. The quantitative estimate of drug-likeness (QED) is 0.485. The Kier molecular flexibility index (Phi) is 6.65. The summed E-state index contributed by atoms with van der Waals surface area (Å²) in [5.74, 6) is 1.21. The van der Waals surface area contributed by atoms with Crippen molar-refractivity contribution >= 4 is 38.2 Å². The molecule has 3 heterocycles. The average Bonchev–Trinajstić information content (AvgIpc) is 3.32. The summed E-state index contributed by atoms with van der Waals surface area (Å²) in [6.07, 6.45) is 3.24. The number of imidazole rings is 1. The molecular formula is C18H25N5O3S2. The Morgan fingerprint density at radius 2 is 2.18 bits per heavy atom. The Balaban J connectivity index is 1.67. The number of unbranched alkanes of at least 4 members (excludes halogenated alkanes) is 1. The van der Waals surface area contributed by atoms with Gasteiger partial charge in [0.15, 0.2) is 5.82 Å². The molecule has 3 N–H and O–H groups in total. The number of nitrogen functional groups attached to an aromatic ring is 1. The van der Waals surface area contributed by atoms with Gasteiger partial charge in [0, 0.05) is 25.9 Å². The summed E-state index contributed by atoms with van der Waals surface area (Å²) < 4.78 is 35.0. The van der Waals surface area contributed by atoms with Crippen LogP contribution in [0.15, 0.2) is 27.9 Å². The van der Waals surface area contributed by atoms with Crippen LogP contribution in [0.4, 0.5) is 5.82 Å². The first-order valence-corrected chi connectivity index (χ1v) is 11.5. The molecule has 10 heteroatoms. The molecule has 8 nitrogen and oxygen atoms in total. The zero-order valence-corrected chi connectivity index (χ0v) is 17.6. The number of fused-ring (bicyclic) bond motifs is 1. The van der Waals surface area contributed by atoms with Crippen molar-refractivity contribution in [2.24, 2.45) is 0 Å². The molecule has 28 heavy (non-hydrogen) atoms. The number of ether oxygens (including phenoxy) is 1. The van der Waals surface area contributed by atoms with Crippen molar-refractivity contribution in [3.63, 3.8) is 0 Å². The van der Waals surface area contributed by atoms with Gasteiger partial charge in [0.25, 0.3) is 0 Å². The summed E-state index contributed by atoms with van der Waals surface area (Å²) in [5, 5.41) is 1.75. The summed E-state index contributed by atoms with van der Waals surface area (Å²) in [7, 11) is -3.41. The molecule has 0 radical (unpaired) electrons. The molecule has 0 saturated heterocycles. The van der Waals surface area contributed by atoms with Crippen molar-refractivity contribution in [1.29, 1.82) is 0 Å². The minimum Gasteiger partial charge on any atom is -0.382 e. The molecule has 0 spiro atoms. The number of nitrogens with two attached hydrogens (primary N) is 1. The predicted molar refractivity (Wildman–Crippen MR) is 111 cm³/mol. The summed E-state index contributed by atoms with van der Waals surface area (Å²) in [5.41, 5.74) is 8.65. The van der Waals surface area contributed by atoms with Crippen LogP contribution >= 0.6 is 11.3 Å². The molecule has 0 aromatic carbocycles. The number of rotatable bonds is 10. The van der Waals surface area contributed by atoms with Crippen LogP contribution in [0.5, 0.6) is 0 Å². The fraction of sp³-hybridized carbons (Fsp3) is 0.444. The van der Waals surface area contributed by atoms with E-state index >= 15 is 0 Å². The number of sulfonamides is 1. The molecule has 3 aromatic rings. The van der Waals surface area contributed by atoms with Gasteiger partial charge in [0.05, 0.1) is 5.52 Å². The number of hydrogen-bond acceptors (Lipinski definition) is 7. The molecule has 152 valence electrons. The number of nitrogens with zero attached hydrogens (tertiary/aromatic N) is 3. The van der Waals surface area contributed by atoms with E-state index in [0.29, 0.717) is 48.3 Å². The number of aromatic nitrogens is 3. The van der Waals surface area contributed by atoms with Gasteiger partial charge in [-0.2, -0.15) is 0 Å². The molecule has 0 saturated carbocycles. The smallest absolute Gasteiger partial charge is 0.250 e. The highest BCUT2D eigenvalue weighted by atomic mass is 32.2. The Hall–Kier alpha value is -2.01. The van der Waals surface area contributed by atoms with Crippen molar-refractivity contribution < 1.29 is 13.2 Å². The first kappa shape index (κ1) is 20.7. The van der Waals surface area contributed by atoms with E-state index < -0.39 is 10.0 Å². The summed E-state index contributed by atoms with van der Waals surface area (Å²) in [6, 6.07) is 3.33. The van der Waals surface area contributed by atoms with E-state index in [1.54, 1.807) is 23.7 Å². The zero-order valence-electron chi connectivity index (χ0n) is 16.0. The van der Waals surface area contributed by atoms with Gasteiger partial charge in [-0.15, -0.1) is 11.3 Å². The molecule has 0 amide bonds. The van der Waals surface area contributed by atoms with Crippen LogP contribution in [-0.4, -0.2) is 36.1 Å². The van der Waals surface area contributed by atoms with E-state index in [-0.39, 0.29) is 0 Å². The van der Waals surface area contributed by atoms with Crippen molar-refractivity contribution in [1.82, 2.24) is 19.3 Å². The fourth-order valence-corrected chi connectivity index (χ4v) is 5.11. The van der Waals surface area contributed by atoms with Crippen molar-refractivity contribution in [3.05, 3.63) is 35.1 Å². The third-order valence-electron chi connectivity index (χ3n) is 4.36. The van der Waals surface area contributed by atoms with Crippen molar-refractivity contribution in [2.75, 3.05) is 18.9 Å². The Morgan fingerprint density at radius 1 is 1.36 bits per heavy atom. The van der Waals surface area contributed by atoms with E-state index in [1.165, 1.54) is 11.3 Å². The number of thiophene rings is 1. The van der Waals surface area contributed by atoms with Crippen molar-refractivity contribution in [2.45, 2.75) is 44.0 Å². The number of pyridine rings is 1. The second-order valence-electron chi connectivity index (χ2n) is 6.38. The number of nitrogens with one attached hydrogen (secondary N) is 1. The average molecular weight is 424 g/mol. The van der Waals surface area contributed by atoms with Gasteiger partial charge < -0.3 is 15.0 Å². The van der Waals surface area contributed by atoms with Crippen LogP contribution in [0.2, 0.25) is 0 Å². The maximum Gasteiger partial charge on any atom is 0.250 e. The summed E-state index contributed by atoms with van der Waals surface area (Å²) in [4.78, 5) is 8.81. The van der Waals surface area contributed by atoms with Crippen LogP contribution in [0.3, 0.4) is 0 Å². The highest BCUT2D eigenvalue weighted by molar-refractivity contribution is 7.91. The highest BCUT2D eigenvalue weighted by Crippen LogP contribution is 2.24. The normalized spacial score (nSPS) is 12.1. The summed E-state index contributed by atoms with van der Waals surface area (Å²) in [6.45, 7) is 6.00. The lowest BCUT2D eigenvalue weighted by atomic mass is 10.2. The van der Waals surface area contributed by atoms with E-state index in [0.717, 1.165) is 23.3 Å². The van der Waals surface area contributed by atoms with Gasteiger partial charge in [-0.1, -0.05) is 6.07 Å².